The molecule has 0 amide bonds. The monoisotopic (exact) mass is 323 g/mol. The Balaban J connectivity index is 1.92. The van der Waals surface area contributed by atoms with E-state index in [9.17, 15) is 5.11 Å². The lowest BCUT2D eigenvalue weighted by atomic mass is 9.98. The number of aromatic nitrogens is 1. The highest BCUT2D eigenvalue weighted by Gasteiger charge is 2.31. The maximum absolute atomic E-state index is 10.6. The van der Waals surface area contributed by atoms with E-state index in [1.54, 1.807) is 11.3 Å². The molecule has 0 spiro atoms. The van der Waals surface area contributed by atoms with Crippen LogP contribution >= 0.6 is 27.3 Å². The van der Waals surface area contributed by atoms with Crippen molar-refractivity contribution in [1.82, 2.24) is 4.98 Å². The molecule has 1 aliphatic rings. The Labute approximate surface area is 119 Å². The summed E-state index contributed by atoms with van der Waals surface area (Å²) in [4.78, 5) is 6.69. The molecule has 94 valence electrons. The molecular weight excluding hydrogens is 310 g/mol. The first-order valence-electron chi connectivity index (χ1n) is 6.04. The minimum Gasteiger partial charge on any atom is -0.387 e. The molecule has 0 radical (unpaired) electrons. The fourth-order valence-electron chi connectivity index (χ4n) is 2.58. The summed E-state index contributed by atoms with van der Waals surface area (Å²) in [6, 6.07) is 6.12. The molecule has 0 saturated heterocycles. The van der Waals surface area contributed by atoms with Crippen LogP contribution in [0.25, 0.3) is 0 Å². The van der Waals surface area contributed by atoms with Crippen molar-refractivity contribution >= 4 is 27.3 Å². The van der Waals surface area contributed by atoms with Crippen molar-refractivity contribution in [2.24, 2.45) is 0 Å². The third kappa shape index (κ3) is 2.02. The first-order valence-corrected chi connectivity index (χ1v) is 7.65. The quantitative estimate of drug-likeness (QED) is 0.906. The van der Waals surface area contributed by atoms with Crippen LogP contribution in [0.4, 0.5) is 0 Å². The van der Waals surface area contributed by atoms with Gasteiger partial charge in [0.2, 0.25) is 0 Å². The molecule has 2 heterocycles. The van der Waals surface area contributed by atoms with Crippen LogP contribution in [-0.2, 0) is 6.42 Å². The molecule has 1 aliphatic carbocycles. The number of aryl methyl sites for hydroxylation is 2. The Kier molecular flexibility index (Phi) is 3.26. The van der Waals surface area contributed by atoms with E-state index in [0.29, 0.717) is 0 Å². The minimum absolute atomic E-state index is 0.145. The SMILES string of the molecule is Cc1sc(C(O)C2CCc3cccnc32)cc1Br. The highest BCUT2D eigenvalue weighted by molar-refractivity contribution is 9.10. The van der Waals surface area contributed by atoms with Gasteiger partial charge < -0.3 is 5.11 Å². The largest absolute Gasteiger partial charge is 0.387 e. The smallest absolute Gasteiger partial charge is 0.0966 e. The minimum atomic E-state index is -0.434. The second-order valence-electron chi connectivity index (χ2n) is 4.69. The summed E-state index contributed by atoms with van der Waals surface area (Å²) in [7, 11) is 0. The second-order valence-corrected chi connectivity index (χ2v) is 6.83. The van der Waals surface area contributed by atoms with E-state index in [-0.39, 0.29) is 5.92 Å². The van der Waals surface area contributed by atoms with Gasteiger partial charge in [-0.1, -0.05) is 6.07 Å². The lowest BCUT2D eigenvalue weighted by molar-refractivity contribution is 0.147. The molecule has 2 unspecified atom stereocenters. The van der Waals surface area contributed by atoms with Crippen molar-refractivity contribution < 1.29 is 5.11 Å². The van der Waals surface area contributed by atoms with Crippen LogP contribution in [0.1, 0.15) is 39.5 Å². The zero-order chi connectivity index (χ0) is 12.7. The van der Waals surface area contributed by atoms with Crippen LogP contribution in [0.15, 0.2) is 28.9 Å². The van der Waals surface area contributed by atoms with E-state index >= 15 is 0 Å². The van der Waals surface area contributed by atoms with Crippen molar-refractivity contribution in [2.75, 3.05) is 0 Å². The zero-order valence-electron chi connectivity index (χ0n) is 10.1. The van der Waals surface area contributed by atoms with Crippen LogP contribution in [-0.4, -0.2) is 10.1 Å². The summed E-state index contributed by atoms with van der Waals surface area (Å²) >= 11 is 5.17. The maximum Gasteiger partial charge on any atom is 0.0966 e. The highest BCUT2D eigenvalue weighted by Crippen LogP contribution is 2.43. The molecule has 0 aromatic carbocycles. The molecule has 2 atom stereocenters. The third-order valence-corrected chi connectivity index (χ3v) is 5.76. The van der Waals surface area contributed by atoms with Crippen LogP contribution in [0, 0.1) is 6.92 Å². The van der Waals surface area contributed by atoms with Crippen molar-refractivity contribution in [2.45, 2.75) is 31.8 Å². The van der Waals surface area contributed by atoms with E-state index in [1.165, 1.54) is 10.4 Å². The summed E-state index contributed by atoms with van der Waals surface area (Å²) in [5.41, 5.74) is 2.36. The van der Waals surface area contributed by atoms with Crippen molar-refractivity contribution in [3.8, 4) is 0 Å². The van der Waals surface area contributed by atoms with Gasteiger partial charge in [0.05, 0.1) is 6.10 Å². The number of halogens is 1. The van der Waals surface area contributed by atoms with Gasteiger partial charge in [-0.25, -0.2) is 0 Å². The molecule has 2 aromatic heterocycles. The Hall–Kier alpha value is -0.710. The van der Waals surface area contributed by atoms with Gasteiger partial charge in [-0.3, -0.25) is 4.98 Å². The maximum atomic E-state index is 10.6. The number of hydrogen-bond donors (Lipinski definition) is 1. The topological polar surface area (TPSA) is 33.1 Å². The van der Waals surface area contributed by atoms with Crippen LogP contribution in [0.2, 0.25) is 0 Å². The van der Waals surface area contributed by atoms with Gasteiger partial charge in [-0.15, -0.1) is 11.3 Å². The Bertz CT molecular complexity index is 561. The van der Waals surface area contributed by atoms with Crippen molar-refractivity contribution in [1.29, 1.82) is 0 Å². The van der Waals surface area contributed by atoms with E-state index in [1.807, 2.05) is 18.3 Å². The van der Waals surface area contributed by atoms with Gasteiger partial charge in [-0.2, -0.15) is 0 Å². The molecule has 1 N–H and O–H groups in total. The predicted octanol–water partition coefficient (Wildman–Crippen LogP) is 3.98. The first-order chi connectivity index (χ1) is 8.66. The number of pyridine rings is 1. The number of hydrogen-bond acceptors (Lipinski definition) is 3. The second kappa shape index (κ2) is 4.76. The van der Waals surface area contributed by atoms with E-state index < -0.39 is 6.10 Å². The van der Waals surface area contributed by atoms with Gasteiger partial charge in [-0.05, 0) is 53.4 Å². The molecule has 0 aliphatic heterocycles. The first kappa shape index (κ1) is 12.3. The van der Waals surface area contributed by atoms with Gasteiger partial charge in [0.15, 0.2) is 0 Å². The van der Waals surface area contributed by atoms with Gasteiger partial charge in [0.1, 0.15) is 0 Å². The van der Waals surface area contributed by atoms with Crippen LogP contribution in [0.5, 0.6) is 0 Å². The summed E-state index contributed by atoms with van der Waals surface area (Å²) in [6.45, 7) is 2.06. The molecule has 0 bridgehead atoms. The van der Waals surface area contributed by atoms with Gasteiger partial charge >= 0.3 is 0 Å². The average molecular weight is 324 g/mol. The molecule has 4 heteroatoms. The Morgan fingerprint density at radius 2 is 2.39 bits per heavy atom. The predicted molar refractivity (Wildman–Crippen MR) is 77.0 cm³/mol. The van der Waals surface area contributed by atoms with Gasteiger partial charge in [0.25, 0.3) is 0 Å². The molecule has 18 heavy (non-hydrogen) atoms. The number of nitrogens with zero attached hydrogens (tertiary/aromatic N) is 1. The normalized spacial score (nSPS) is 19.8. The number of thiophene rings is 1. The molecule has 2 aromatic rings. The molecule has 3 rings (SSSR count). The molecular formula is C14H14BrNOS. The van der Waals surface area contributed by atoms with Crippen molar-refractivity contribution in [3.63, 3.8) is 0 Å². The Morgan fingerprint density at radius 3 is 3.11 bits per heavy atom. The fourth-order valence-corrected chi connectivity index (χ4v) is 4.19. The molecule has 0 saturated carbocycles. The number of fused-ring (bicyclic) bond motifs is 1. The van der Waals surface area contributed by atoms with Crippen LogP contribution < -0.4 is 0 Å². The van der Waals surface area contributed by atoms with Crippen LogP contribution in [0.3, 0.4) is 0 Å². The number of rotatable bonds is 2. The van der Waals surface area contributed by atoms with E-state index in [0.717, 1.165) is 27.9 Å². The lowest BCUT2D eigenvalue weighted by Crippen LogP contribution is -2.07. The molecule has 0 fully saturated rings. The van der Waals surface area contributed by atoms with Gasteiger partial charge in [0, 0.05) is 32.0 Å². The summed E-state index contributed by atoms with van der Waals surface area (Å²) in [5.74, 6) is 0.145. The molecule has 2 nitrogen and oxygen atoms in total. The fraction of sp³-hybridized carbons (Fsp3) is 0.357. The zero-order valence-corrected chi connectivity index (χ0v) is 12.5. The summed E-state index contributed by atoms with van der Waals surface area (Å²) < 4.78 is 1.08. The standard InChI is InChI=1S/C14H14BrNOS/c1-8-11(15)7-12(18-8)14(17)10-5-4-9-3-2-6-16-13(9)10/h2-3,6-7,10,14,17H,4-5H2,1H3. The van der Waals surface area contributed by atoms with Crippen molar-refractivity contribution in [3.05, 3.63) is 49.9 Å². The number of aliphatic hydroxyl groups excluding tert-OH is 1. The summed E-state index contributed by atoms with van der Waals surface area (Å²) in [5, 5.41) is 10.6. The summed E-state index contributed by atoms with van der Waals surface area (Å²) in [6.07, 6.45) is 3.40. The Morgan fingerprint density at radius 1 is 1.56 bits per heavy atom. The number of aliphatic hydroxyl groups is 1. The third-order valence-electron chi connectivity index (χ3n) is 3.55. The lowest BCUT2D eigenvalue weighted by Gasteiger charge is -2.16. The van der Waals surface area contributed by atoms with E-state index in [4.69, 9.17) is 0 Å². The van der Waals surface area contributed by atoms with E-state index in [2.05, 4.69) is 33.9 Å². The average Bonchev–Trinajstić information content (AvgIpc) is 2.93. The highest BCUT2D eigenvalue weighted by atomic mass is 79.9.